The Morgan fingerprint density at radius 1 is 0.875 bits per heavy atom. The van der Waals surface area contributed by atoms with Gasteiger partial charge in [-0.15, -0.1) is 0 Å². The first-order valence-electron chi connectivity index (χ1n) is 4.96. The van der Waals surface area contributed by atoms with Gasteiger partial charge in [0.2, 0.25) is 0 Å². The fourth-order valence-electron chi connectivity index (χ4n) is 1.59. The van der Waals surface area contributed by atoms with E-state index in [4.69, 9.17) is 5.73 Å². The Hall–Kier alpha value is -1.74. The van der Waals surface area contributed by atoms with Gasteiger partial charge in [-0.3, -0.25) is 0 Å². The largest absolute Gasteiger partial charge is 0.326 e. The molecule has 16 heavy (non-hydrogen) atoms. The van der Waals surface area contributed by atoms with Gasteiger partial charge in [0, 0.05) is 17.7 Å². The Kier molecular flexibility index (Phi) is 2.97. The minimum atomic E-state index is -0.442. The molecule has 0 saturated heterocycles. The maximum atomic E-state index is 13.6. The van der Waals surface area contributed by atoms with Gasteiger partial charge >= 0.3 is 0 Å². The third-order valence-electron chi connectivity index (χ3n) is 2.43. The highest BCUT2D eigenvalue weighted by Gasteiger charge is 2.09. The molecule has 0 fully saturated rings. The molecule has 2 aromatic rings. The van der Waals surface area contributed by atoms with Crippen molar-refractivity contribution in [2.45, 2.75) is 6.54 Å². The zero-order valence-electron chi connectivity index (χ0n) is 8.58. The van der Waals surface area contributed by atoms with Gasteiger partial charge in [0.25, 0.3) is 0 Å². The first-order valence-corrected chi connectivity index (χ1v) is 4.96. The van der Waals surface area contributed by atoms with Gasteiger partial charge in [-0.1, -0.05) is 24.3 Å². The molecule has 1 nitrogen and oxygen atoms in total. The first-order chi connectivity index (χ1) is 7.72. The average Bonchev–Trinajstić information content (AvgIpc) is 2.31. The van der Waals surface area contributed by atoms with Crippen LogP contribution in [0.4, 0.5) is 8.78 Å². The second-order valence-corrected chi connectivity index (χ2v) is 3.50. The van der Waals surface area contributed by atoms with Crippen molar-refractivity contribution in [3.63, 3.8) is 0 Å². The Morgan fingerprint density at radius 2 is 1.56 bits per heavy atom. The Bertz CT molecular complexity index is 509. The standard InChI is InChI=1S/C13H11F2N/c14-12-4-2-1-3-10(12)11-7-9(8-16)5-6-13(11)15/h1-7H,8,16H2. The molecule has 0 radical (unpaired) electrons. The summed E-state index contributed by atoms with van der Waals surface area (Å²) < 4.78 is 27.1. The number of hydrogen-bond acceptors (Lipinski definition) is 1. The summed E-state index contributed by atoms with van der Waals surface area (Å²) in [4.78, 5) is 0. The zero-order chi connectivity index (χ0) is 11.5. The molecule has 0 atom stereocenters. The highest BCUT2D eigenvalue weighted by Crippen LogP contribution is 2.26. The van der Waals surface area contributed by atoms with Crippen LogP contribution in [0.3, 0.4) is 0 Å². The van der Waals surface area contributed by atoms with E-state index in [1.165, 1.54) is 12.1 Å². The van der Waals surface area contributed by atoms with Gasteiger partial charge in [0.05, 0.1) is 0 Å². The molecule has 0 heterocycles. The normalized spacial score (nSPS) is 10.4. The molecule has 2 N–H and O–H groups in total. The van der Waals surface area contributed by atoms with Crippen LogP contribution in [0.2, 0.25) is 0 Å². The van der Waals surface area contributed by atoms with Crippen molar-refractivity contribution in [2.75, 3.05) is 0 Å². The monoisotopic (exact) mass is 219 g/mol. The van der Waals surface area contributed by atoms with E-state index in [9.17, 15) is 8.78 Å². The second kappa shape index (κ2) is 4.41. The maximum Gasteiger partial charge on any atom is 0.131 e. The lowest BCUT2D eigenvalue weighted by molar-refractivity contribution is 0.616. The topological polar surface area (TPSA) is 26.0 Å². The Morgan fingerprint density at radius 3 is 2.25 bits per heavy atom. The van der Waals surface area contributed by atoms with Crippen LogP contribution < -0.4 is 5.73 Å². The number of nitrogens with two attached hydrogens (primary N) is 1. The van der Waals surface area contributed by atoms with Crippen LogP contribution >= 0.6 is 0 Å². The van der Waals surface area contributed by atoms with E-state index >= 15 is 0 Å². The summed E-state index contributed by atoms with van der Waals surface area (Å²) in [6.07, 6.45) is 0. The van der Waals surface area contributed by atoms with Crippen LogP contribution in [0.15, 0.2) is 42.5 Å². The van der Waals surface area contributed by atoms with Crippen molar-refractivity contribution in [2.24, 2.45) is 5.73 Å². The van der Waals surface area contributed by atoms with Crippen molar-refractivity contribution in [1.29, 1.82) is 0 Å². The molecule has 0 aliphatic rings. The molecule has 3 heteroatoms. The SMILES string of the molecule is NCc1ccc(F)c(-c2ccccc2F)c1. The van der Waals surface area contributed by atoms with Gasteiger partial charge in [-0.25, -0.2) is 8.78 Å². The van der Waals surface area contributed by atoms with E-state index in [-0.39, 0.29) is 11.1 Å². The Labute approximate surface area is 92.5 Å². The lowest BCUT2D eigenvalue weighted by Crippen LogP contribution is -1.98. The second-order valence-electron chi connectivity index (χ2n) is 3.50. The van der Waals surface area contributed by atoms with Crippen molar-refractivity contribution in [3.8, 4) is 11.1 Å². The molecule has 82 valence electrons. The summed E-state index contributed by atoms with van der Waals surface area (Å²) in [6, 6.07) is 10.6. The summed E-state index contributed by atoms with van der Waals surface area (Å²) in [5, 5.41) is 0. The molecule has 0 amide bonds. The molecule has 2 rings (SSSR count). The molecule has 0 aliphatic heterocycles. The molecule has 2 aromatic carbocycles. The van der Waals surface area contributed by atoms with Crippen LogP contribution in [0, 0.1) is 11.6 Å². The number of benzene rings is 2. The van der Waals surface area contributed by atoms with Crippen molar-refractivity contribution in [1.82, 2.24) is 0 Å². The number of hydrogen-bond donors (Lipinski definition) is 1. The van der Waals surface area contributed by atoms with Crippen LogP contribution in [-0.2, 0) is 6.54 Å². The van der Waals surface area contributed by atoms with Gasteiger partial charge in [0.1, 0.15) is 11.6 Å². The lowest BCUT2D eigenvalue weighted by atomic mass is 10.0. The van der Waals surface area contributed by atoms with Crippen LogP contribution in [0.5, 0.6) is 0 Å². The summed E-state index contributed by atoms with van der Waals surface area (Å²) in [6.45, 7) is 0.307. The van der Waals surface area contributed by atoms with Crippen molar-refractivity contribution >= 4 is 0 Å². The predicted octanol–water partition coefficient (Wildman–Crippen LogP) is 3.09. The summed E-state index contributed by atoms with van der Waals surface area (Å²) in [5.41, 5.74) is 6.76. The first kappa shape index (κ1) is 10.8. The molecule has 0 bridgehead atoms. The third kappa shape index (κ3) is 1.95. The molecule has 0 aromatic heterocycles. The smallest absolute Gasteiger partial charge is 0.131 e. The van der Waals surface area contributed by atoms with E-state index in [0.717, 1.165) is 5.56 Å². The summed E-state index contributed by atoms with van der Waals surface area (Å²) >= 11 is 0. The predicted molar refractivity (Wildman–Crippen MR) is 59.7 cm³/mol. The average molecular weight is 219 g/mol. The fraction of sp³-hybridized carbons (Fsp3) is 0.0769. The molecule has 0 spiro atoms. The highest BCUT2D eigenvalue weighted by molar-refractivity contribution is 5.65. The molecule has 0 unspecified atom stereocenters. The van der Waals surface area contributed by atoms with Gasteiger partial charge in [-0.05, 0) is 23.8 Å². The van der Waals surface area contributed by atoms with Crippen LogP contribution in [0.25, 0.3) is 11.1 Å². The summed E-state index contributed by atoms with van der Waals surface area (Å²) in [7, 11) is 0. The van der Waals surface area contributed by atoms with Gasteiger partial charge < -0.3 is 5.73 Å². The van der Waals surface area contributed by atoms with E-state index in [1.54, 1.807) is 30.3 Å². The van der Waals surface area contributed by atoms with E-state index in [0.29, 0.717) is 6.54 Å². The lowest BCUT2D eigenvalue weighted by Gasteiger charge is -2.06. The van der Waals surface area contributed by atoms with Crippen molar-refractivity contribution < 1.29 is 8.78 Å². The maximum absolute atomic E-state index is 13.6. The quantitative estimate of drug-likeness (QED) is 0.825. The van der Waals surface area contributed by atoms with E-state index in [2.05, 4.69) is 0 Å². The zero-order valence-corrected chi connectivity index (χ0v) is 8.58. The third-order valence-corrected chi connectivity index (χ3v) is 2.43. The Balaban J connectivity index is 2.59. The highest BCUT2D eigenvalue weighted by atomic mass is 19.1. The molecular formula is C13H11F2N. The van der Waals surface area contributed by atoms with E-state index < -0.39 is 11.6 Å². The van der Waals surface area contributed by atoms with Gasteiger partial charge in [-0.2, -0.15) is 0 Å². The number of halogens is 2. The van der Waals surface area contributed by atoms with E-state index in [1.807, 2.05) is 0 Å². The van der Waals surface area contributed by atoms with Gasteiger partial charge in [0.15, 0.2) is 0 Å². The van der Waals surface area contributed by atoms with Crippen LogP contribution in [0.1, 0.15) is 5.56 Å². The molecular weight excluding hydrogens is 208 g/mol. The fourth-order valence-corrected chi connectivity index (χ4v) is 1.59. The van der Waals surface area contributed by atoms with Crippen LogP contribution in [-0.4, -0.2) is 0 Å². The minimum Gasteiger partial charge on any atom is -0.326 e. The number of rotatable bonds is 2. The van der Waals surface area contributed by atoms with Crippen molar-refractivity contribution in [3.05, 3.63) is 59.7 Å². The minimum absolute atomic E-state index is 0.251. The molecule has 0 saturated carbocycles. The molecule has 0 aliphatic carbocycles. The summed E-state index contributed by atoms with van der Waals surface area (Å²) in [5.74, 6) is -0.877.